The van der Waals surface area contributed by atoms with Crippen molar-refractivity contribution in [3.05, 3.63) is 12.2 Å². The first kappa shape index (κ1) is 25.4. The summed E-state index contributed by atoms with van der Waals surface area (Å²) in [4.78, 5) is 4.67. The van der Waals surface area contributed by atoms with Crippen LogP contribution in [0.2, 0.25) is 0 Å². The standard InChI is InChI=1S/C25H49N2O/c1-4-6-7-8-9-10-11-12-13-14-15-16-17-18-19-20-21-25-26-22-23-27(25,5-2)24(3)28/h6-7,22,24-25,28H,4-5,8-21,23H2,1-3H3/q+1/b7-6+. The van der Waals surface area contributed by atoms with Crippen molar-refractivity contribution in [2.24, 2.45) is 4.99 Å². The summed E-state index contributed by atoms with van der Waals surface area (Å²) in [5.41, 5.74) is 0. The molecule has 0 amide bonds. The summed E-state index contributed by atoms with van der Waals surface area (Å²) >= 11 is 0. The molecule has 1 N–H and O–H groups in total. The summed E-state index contributed by atoms with van der Waals surface area (Å²) in [6.07, 6.45) is 26.9. The molecule has 3 heteroatoms. The Bertz CT molecular complexity index is 419. The highest BCUT2D eigenvalue weighted by Crippen LogP contribution is 2.26. The molecule has 0 bridgehead atoms. The molecule has 0 spiro atoms. The Hall–Kier alpha value is -0.670. The number of hydrogen-bond acceptors (Lipinski definition) is 2. The molecular weight excluding hydrogens is 344 g/mol. The average Bonchev–Trinajstić information content (AvgIpc) is 3.12. The van der Waals surface area contributed by atoms with Crippen LogP contribution < -0.4 is 0 Å². The van der Waals surface area contributed by atoms with Gasteiger partial charge in [-0.1, -0.05) is 83.3 Å². The van der Waals surface area contributed by atoms with E-state index >= 15 is 0 Å². The molecule has 28 heavy (non-hydrogen) atoms. The number of aliphatic imine (C=N–C) groups is 1. The molecule has 0 aliphatic carbocycles. The fourth-order valence-corrected chi connectivity index (χ4v) is 4.55. The molecular formula is C25H49N2O+. The number of rotatable bonds is 18. The van der Waals surface area contributed by atoms with Gasteiger partial charge in [0.25, 0.3) is 0 Å². The van der Waals surface area contributed by atoms with Crippen molar-refractivity contribution in [1.82, 2.24) is 0 Å². The second-order valence-corrected chi connectivity index (χ2v) is 8.75. The van der Waals surface area contributed by atoms with Gasteiger partial charge in [0, 0.05) is 13.3 Å². The number of aliphatic hydroxyl groups excluding tert-OH is 1. The van der Waals surface area contributed by atoms with E-state index in [1.165, 1.54) is 89.9 Å². The fourth-order valence-electron chi connectivity index (χ4n) is 4.55. The lowest BCUT2D eigenvalue weighted by Crippen LogP contribution is -2.57. The maximum Gasteiger partial charge on any atom is 0.189 e. The number of quaternary nitrogens is 1. The molecule has 1 rings (SSSR count). The van der Waals surface area contributed by atoms with Crippen LogP contribution in [0, 0.1) is 0 Å². The van der Waals surface area contributed by atoms with E-state index in [0.29, 0.717) is 0 Å². The van der Waals surface area contributed by atoms with E-state index in [4.69, 9.17) is 0 Å². The highest BCUT2D eigenvalue weighted by atomic mass is 16.3. The minimum Gasteiger partial charge on any atom is -0.345 e. The first-order valence-electron chi connectivity index (χ1n) is 12.4. The smallest absolute Gasteiger partial charge is 0.189 e. The molecule has 164 valence electrons. The second kappa shape index (κ2) is 16.2. The zero-order chi connectivity index (χ0) is 20.5. The molecule has 3 nitrogen and oxygen atoms in total. The van der Waals surface area contributed by atoms with Crippen LogP contribution in [0.4, 0.5) is 0 Å². The lowest BCUT2D eigenvalue weighted by atomic mass is 10.0. The monoisotopic (exact) mass is 393 g/mol. The molecule has 3 atom stereocenters. The van der Waals surface area contributed by atoms with Crippen molar-refractivity contribution < 1.29 is 9.59 Å². The summed E-state index contributed by atoms with van der Waals surface area (Å²) in [6.45, 7) is 8.18. The van der Waals surface area contributed by atoms with Crippen molar-refractivity contribution >= 4 is 6.21 Å². The molecule has 0 saturated carbocycles. The molecule has 0 aromatic heterocycles. The van der Waals surface area contributed by atoms with Crippen LogP contribution in [0.3, 0.4) is 0 Å². The first-order chi connectivity index (χ1) is 13.7. The summed E-state index contributed by atoms with van der Waals surface area (Å²) in [5.74, 6) is 0. The third-order valence-corrected chi connectivity index (χ3v) is 6.61. The number of aliphatic hydroxyl groups is 1. The Morgan fingerprint density at radius 3 is 1.93 bits per heavy atom. The van der Waals surface area contributed by atoms with Crippen molar-refractivity contribution in [2.45, 2.75) is 129 Å². The lowest BCUT2D eigenvalue weighted by molar-refractivity contribution is -0.976. The Labute approximate surface area is 175 Å². The molecule has 0 radical (unpaired) electrons. The highest BCUT2D eigenvalue weighted by Gasteiger charge is 2.41. The zero-order valence-corrected chi connectivity index (χ0v) is 19.2. The van der Waals surface area contributed by atoms with Crippen molar-refractivity contribution in [3.63, 3.8) is 0 Å². The molecule has 1 aliphatic rings. The van der Waals surface area contributed by atoms with Gasteiger partial charge in [0.1, 0.15) is 6.54 Å². The SMILES string of the molecule is CC/C=C/CCCCCCCCCCCCCCC1N=CC[N+]1(CC)C(C)O. The van der Waals surface area contributed by atoms with E-state index in [9.17, 15) is 5.11 Å². The Morgan fingerprint density at radius 2 is 1.43 bits per heavy atom. The molecule has 0 fully saturated rings. The van der Waals surface area contributed by atoms with Gasteiger partial charge in [-0.25, -0.2) is 4.99 Å². The predicted molar refractivity (Wildman–Crippen MR) is 124 cm³/mol. The van der Waals surface area contributed by atoms with Gasteiger partial charge in [-0.05, 0) is 32.6 Å². The zero-order valence-electron chi connectivity index (χ0n) is 19.2. The van der Waals surface area contributed by atoms with Crippen LogP contribution in [0.15, 0.2) is 17.1 Å². The van der Waals surface area contributed by atoms with Crippen molar-refractivity contribution in [3.8, 4) is 0 Å². The van der Waals surface area contributed by atoms with Crippen LogP contribution in [0.5, 0.6) is 0 Å². The quantitative estimate of drug-likeness (QED) is 0.152. The van der Waals surface area contributed by atoms with Gasteiger partial charge in [0.15, 0.2) is 12.4 Å². The maximum absolute atomic E-state index is 10.2. The Balaban J connectivity index is 1.88. The summed E-state index contributed by atoms with van der Waals surface area (Å²) in [6, 6.07) is 0. The minimum absolute atomic E-state index is 0.285. The van der Waals surface area contributed by atoms with Crippen molar-refractivity contribution in [1.29, 1.82) is 0 Å². The average molecular weight is 394 g/mol. The molecule has 1 aliphatic heterocycles. The lowest BCUT2D eigenvalue weighted by Gasteiger charge is -2.40. The van der Waals surface area contributed by atoms with E-state index in [0.717, 1.165) is 24.0 Å². The second-order valence-electron chi connectivity index (χ2n) is 8.75. The molecule has 1 heterocycles. The van der Waals surface area contributed by atoms with Gasteiger partial charge in [-0.15, -0.1) is 0 Å². The van der Waals surface area contributed by atoms with Gasteiger partial charge in [0.2, 0.25) is 0 Å². The van der Waals surface area contributed by atoms with E-state index in [-0.39, 0.29) is 12.4 Å². The Morgan fingerprint density at radius 1 is 0.893 bits per heavy atom. The predicted octanol–water partition coefficient (Wildman–Crippen LogP) is 7.00. The van der Waals surface area contributed by atoms with E-state index in [2.05, 4.69) is 31.0 Å². The van der Waals surface area contributed by atoms with Crippen LogP contribution in [-0.2, 0) is 0 Å². The van der Waals surface area contributed by atoms with Crippen molar-refractivity contribution in [2.75, 3.05) is 13.1 Å². The topological polar surface area (TPSA) is 32.6 Å². The van der Waals surface area contributed by atoms with Gasteiger partial charge >= 0.3 is 0 Å². The molecule has 0 aromatic carbocycles. The summed E-state index contributed by atoms with van der Waals surface area (Å²) in [7, 11) is 0. The number of nitrogens with zero attached hydrogens (tertiary/aromatic N) is 2. The largest absolute Gasteiger partial charge is 0.345 e. The summed E-state index contributed by atoms with van der Waals surface area (Å²) < 4.78 is 0.745. The normalized spacial score (nSPS) is 23.1. The number of allylic oxidation sites excluding steroid dienone is 2. The Kier molecular flexibility index (Phi) is 14.6. The molecule has 0 aromatic rings. The minimum atomic E-state index is -0.310. The number of unbranched alkanes of at least 4 members (excludes halogenated alkanes) is 12. The van der Waals surface area contributed by atoms with Gasteiger partial charge in [-0.3, -0.25) is 4.48 Å². The van der Waals surface area contributed by atoms with Gasteiger partial charge < -0.3 is 5.11 Å². The van der Waals surface area contributed by atoms with E-state index in [1.807, 2.05) is 13.1 Å². The molecule has 3 unspecified atom stereocenters. The molecule has 0 saturated heterocycles. The van der Waals surface area contributed by atoms with Gasteiger partial charge in [-0.2, -0.15) is 0 Å². The van der Waals surface area contributed by atoms with Crippen LogP contribution in [-0.4, -0.2) is 41.3 Å². The highest BCUT2D eigenvalue weighted by molar-refractivity contribution is 5.60. The van der Waals surface area contributed by atoms with Gasteiger partial charge in [0.05, 0.1) is 12.8 Å². The third kappa shape index (κ3) is 9.69. The van der Waals surface area contributed by atoms with Crippen LogP contribution in [0.25, 0.3) is 0 Å². The third-order valence-electron chi connectivity index (χ3n) is 6.61. The van der Waals surface area contributed by atoms with Crippen LogP contribution >= 0.6 is 0 Å². The first-order valence-corrected chi connectivity index (χ1v) is 12.4. The van der Waals surface area contributed by atoms with E-state index in [1.54, 1.807) is 0 Å². The maximum atomic E-state index is 10.2. The van der Waals surface area contributed by atoms with Crippen LogP contribution in [0.1, 0.15) is 117 Å². The van der Waals surface area contributed by atoms with E-state index < -0.39 is 0 Å². The summed E-state index contributed by atoms with van der Waals surface area (Å²) in [5, 5.41) is 10.2. The number of hydrogen-bond donors (Lipinski definition) is 1. The fraction of sp³-hybridized carbons (Fsp3) is 0.880.